The van der Waals surface area contributed by atoms with Crippen molar-refractivity contribution < 1.29 is 5.11 Å². The Kier molecular flexibility index (Phi) is 2.94. The van der Waals surface area contributed by atoms with Crippen molar-refractivity contribution in [2.45, 2.75) is 25.3 Å². The molecular formula is C15H16N4OS. The van der Waals surface area contributed by atoms with Crippen molar-refractivity contribution in [3.05, 3.63) is 30.0 Å². The predicted octanol–water partition coefficient (Wildman–Crippen LogP) is 2.61. The summed E-state index contributed by atoms with van der Waals surface area (Å²) in [5.41, 5.74) is 9.27. The SMILES string of the molecule is Nc1c(-c2nc3ccccc3s2)c(C2CC2)nn1CCO. The second-order valence-electron chi connectivity index (χ2n) is 5.35. The highest BCUT2D eigenvalue weighted by atomic mass is 32.1. The third-order valence-corrected chi connectivity index (χ3v) is 4.86. The van der Waals surface area contributed by atoms with Crippen LogP contribution in [0.5, 0.6) is 0 Å². The molecule has 0 spiro atoms. The van der Waals surface area contributed by atoms with Crippen molar-refractivity contribution in [1.29, 1.82) is 0 Å². The fourth-order valence-corrected chi connectivity index (χ4v) is 3.63. The molecule has 1 aromatic carbocycles. The number of hydrogen-bond donors (Lipinski definition) is 2. The normalized spacial score (nSPS) is 14.9. The standard InChI is InChI=1S/C15H16N4OS/c16-14-12(13(9-5-6-9)18-19(14)7-8-20)15-17-10-3-1-2-4-11(10)21-15/h1-4,9,20H,5-8,16H2. The zero-order chi connectivity index (χ0) is 14.4. The molecule has 3 aromatic rings. The maximum atomic E-state index is 9.15. The summed E-state index contributed by atoms with van der Waals surface area (Å²) in [4.78, 5) is 4.71. The topological polar surface area (TPSA) is 77.0 Å². The van der Waals surface area contributed by atoms with Gasteiger partial charge < -0.3 is 10.8 Å². The summed E-state index contributed by atoms with van der Waals surface area (Å²) >= 11 is 1.65. The van der Waals surface area contributed by atoms with Gasteiger partial charge in [0, 0.05) is 5.92 Å². The van der Waals surface area contributed by atoms with Crippen molar-refractivity contribution in [2.24, 2.45) is 0 Å². The van der Waals surface area contributed by atoms with Crippen LogP contribution in [0.3, 0.4) is 0 Å². The van der Waals surface area contributed by atoms with Crippen LogP contribution >= 0.6 is 11.3 Å². The lowest BCUT2D eigenvalue weighted by molar-refractivity contribution is 0.270. The third kappa shape index (κ3) is 2.11. The molecule has 0 saturated heterocycles. The number of hydrogen-bond acceptors (Lipinski definition) is 5. The van der Waals surface area contributed by atoms with Crippen molar-refractivity contribution in [3.63, 3.8) is 0 Å². The van der Waals surface area contributed by atoms with Crippen LogP contribution in [0, 0.1) is 0 Å². The van der Waals surface area contributed by atoms with Gasteiger partial charge in [-0.3, -0.25) is 0 Å². The van der Waals surface area contributed by atoms with E-state index in [1.54, 1.807) is 16.0 Å². The zero-order valence-corrected chi connectivity index (χ0v) is 12.3. The monoisotopic (exact) mass is 300 g/mol. The molecule has 5 nitrogen and oxygen atoms in total. The highest BCUT2D eigenvalue weighted by Crippen LogP contribution is 2.47. The summed E-state index contributed by atoms with van der Waals surface area (Å²) in [6.07, 6.45) is 2.32. The average molecular weight is 300 g/mol. The van der Waals surface area contributed by atoms with Crippen molar-refractivity contribution >= 4 is 27.4 Å². The average Bonchev–Trinajstić information content (AvgIpc) is 3.16. The molecule has 1 saturated carbocycles. The highest BCUT2D eigenvalue weighted by Gasteiger charge is 2.32. The Bertz CT molecular complexity index is 770. The van der Waals surface area contributed by atoms with Crippen molar-refractivity contribution in [3.8, 4) is 10.6 Å². The number of nitrogens with two attached hydrogens (primary N) is 1. The quantitative estimate of drug-likeness (QED) is 0.776. The molecule has 1 aliphatic carbocycles. The first-order chi connectivity index (χ1) is 10.3. The molecule has 0 amide bonds. The molecule has 3 N–H and O–H groups in total. The van der Waals surface area contributed by atoms with Crippen LogP contribution in [0.2, 0.25) is 0 Å². The first kappa shape index (κ1) is 12.8. The number of aromatic nitrogens is 3. The molecule has 2 aromatic heterocycles. The van der Waals surface area contributed by atoms with Gasteiger partial charge in [-0.05, 0) is 25.0 Å². The van der Waals surface area contributed by atoms with Crippen LogP contribution in [0.15, 0.2) is 24.3 Å². The molecule has 21 heavy (non-hydrogen) atoms. The van der Waals surface area contributed by atoms with Crippen LogP contribution in [0.1, 0.15) is 24.5 Å². The van der Waals surface area contributed by atoms with Gasteiger partial charge in [0.2, 0.25) is 0 Å². The Morgan fingerprint density at radius 2 is 2.14 bits per heavy atom. The third-order valence-electron chi connectivity index (χ3n) is 3.80. The van der Waals surface area contributed by atoms with E-state index in [4.69, 9.17) is 15.8 Å². The van der Waals surface area contributed by atoms with Crippen molar-refractivity contribution in [2.75, 3.05) is 12.3 Å². The number of anilines is 1. The fraction of sp³-hybridized carbons (Fsp3) is 0.333. The number of fused-ring (bicyclic) bond motifs is 1. The van der Waals surface area contributed by atoms with Crippen LogP contribution in [-0.4, -0.2) is 26.5 Å². The summed E-state index contributed by atoms with van der Waals surface area (Å²) in [7, 11) is 0. The molecule has 1 aliphatic rings. The maximum Gasteiger partial charge on any atom is 0.132 e. The lowest BCUT2D eigenvalue weighted by Gasteiger charge is -2.01. The highest BCUT2D eigenvalue weighted by molar-refractivity contribution is 7.21. The van der Waals surface area contributed by atoms with E-state index >= 15 is 0 Å². The smallest absolute Gasteiger partial charge is 0.132 e. The summed E-state index contributed by atoms with van der Waals surface area (Å²) < 4.78 is 2.86. The van der Waals surface area contributed by atoms with E-state index in [-0.39, 0.29) is 6.61 Å². The fourth-order valence-electron chi connectivity index (χ4n) is 2.60. The van der Waals surface area contributed by atoms with Crippen LogP contribution in [-0.2, 0) is 6.54 Å². The molecular weight excluding hydrogens is 284 g/mol. The van der Waals surface area contributed by atoms with Gasteiger partial charge in [-0.1, -0.05) is 12.1 Å². The number of para-hydroxylation sites is 1. The second kappa shape index (κ2) is 4.82. The number of nitrogens with zero attached hydrogens (tertiary/aromatic N) is 3. The number of nitrogen functional groups attached to an aromatic ring is 1. The molecule has 0 atom stereocenters. The molecule has 0 aliphatic heterocycles. The Hall–Kier alpha value is -1.92. The van der Waals surface area contributed by atoms with Crippen LogP contribution in [0.25, 0.3) is 20.8 Å². The van der Waals surface area contributed by atoms with Crippen LogP contribution < -0.4 is 5.73 Å². The number of thiazole rings is 1. The van der Waals surface area contributed by atoms with E-state index < -0.39 is 0 Å². The first-order valence-corrected chi connectivity index (χ1v) is 7.92. The minimum Gasteiger partial charge on any atom is -0.394 e. The molecule has 0 unspecified atom stereocenters. The van der Waals surface area contributed by atoms with Crippen molar-refractivity contribution in [1.82, 2.24) is 14.8 Å². The van der Waals surface area contributed by atoms with E-state index in [1.165, 1.54) is 0 Å². The van der Waals surface area contributed by atoms with Gasteiger partial charge in [0.15, 0.2) is 0 Å². The van der Waals surface area contributed by atoms with E-state index in [2.05, 4.69) is 11.2 Å². The summed E-state index contributed by atoms with van der Waals surface area (Å²) in [5.74, 6) is 1.11. The number of aliphatic hydroxyl groups is 1. The molecule has 108 valence electrons. The van der Waals surface area contributed by atoms with Gasteiger partial charge >= 0.3 is 0 Å². The largest absolute Gasteiger partial charge is 0.394 e. The minimum absolute atomic E-state index is 0.0370. The van der Waals surface area contributed by atoms with E-state index in [0.717, 1.165) is 39.3 Å². The van der Waals surface area contributed by atoms with Gasteiger partial charge in [-0.15, -0.1) is 11.3 Å². The Labute approximate surface area is 126 Å². The molecule has 4 rings (SSSR count). The Balaban J connectivity index is 1.89. The first-order valence-electron chi connectivity index (χ1n) is 7.11. The summed E-state index contributed by atoms with van der Waals surface area (Å²) in [6, 6.07) is 8.10. The van der Waals surface area contributed by atoms with Gasteiger partial charge in [0.05, 0.1) is 34.6 Å². The molecule has 0 radical (unpaired) electrons. The van der Waals surface area contributed by atoms with E-state index in [9.17, 15) is 0 Å². The zero-order valence-electron chi connectivity index (χ0n) is 11.5. The molecule has 0 bridgehead atoms. The Morgan fingerprint density at radius 1 is 1.33 bits per heavy atom. The molecule has 2 heterocycles. The minimum atomic E-state index is 0.0370. The van der Waals surface area contributed by atoms with Gasteiger partial charge in [-0.25, -0.2) is 9.67 Å². The van der Waals surface area contributed by atoms with Gasteiger partial charge in [0.1, 0.15) is 10.8 Å². The van der Waals surface area contributed by atoms with E-state index in [0.29, 0.717) is 18.3 Å². The molecule has 1 fully saturated rings. The van der Waals surface area contributed by atoms with Gasteiger partial charge in [-0.2, -0.15) is 5.10 Å². The van der Waals surface area contributed by atoms with Crippen LogP contribution in [0.4, 0.5) is 5.82 Å². The van der Waals surface area contributed by atoms with Gasteiger partial charge in [0.25, 0.3) is 0 Å². The summed E-state index contributed by atoms with van der Waals surface area (Å²) in [6.45, 7) is 0.464. The predicted molar refractivity (Wildman–Crippen MR) is 84.3 cm³/mol. The lowest BCUT2D eigenvalue weighted by Crippen LogP contribution is -2.07. The number of rotatable bonds is 4. The molecule has 6 heteroatoms. The van der Waals surface area contributed by atoms with E-state index in [1.807, 2.05) is 18.2 Å². The lowest BCUT2D eigenvalue weighted by atomic mass is 10.2. The second-order valence-corrected chi connectivity index (χ2v) is 6.38. The summed E-state index contributed by atoms with van der Waals surface area (Å²) in [5, 5.41) is 14.7. The number of benzene rings is 1. The maximum absolute atomic E-state index is 9.15. The number of aliphatic hydroxyl groups excluding tert-OH is 1. The Morgan fingerprint density at radius 3 is 2.86 bits per heavy atom.